The van der Waals surface area contributed by atoms with Gasteiger partial charge in [0.15, 0.2) is 0 Å². The van der Waals surface area contributed by atoms with E-state index in [0.717, 1.165) is 12.8 Å². The first-order valence-electron chi connectivity index (χ1n) is 11.7. The number of nitrogens with zero attached hydrogens (tertiary/aromatic N) is 2. The number of likely N-dealkylation sites (tertiary alicyclic amines) is 1. The molecule has 33 heavy (non-hydrogen) atoms. The third-order valence-corrected chi connectivity index (χ3v) is 7.83. The van der Waals surface area contributed by atoms with Crippen LogP contribution in [0.2, 0.25) is 0 Å². The van der Waals surface area contributed by atoms with Gasteiger partial charge < -0.3 is 24.4 Å². The summed E-state index contributed by atoms with van der Waals surface area (Å²) in [7, 11) is 0. The number of rotatable bonds is 12. The predicted octanol–water partition coefficient (Wildman–Crippen LogP) is 2.05. The van der Waals surface area contributed by atoms with Crippen molar-refractivity contribution in [3.05, 3.63) is 25.3 Å². The molecule has 0 radical (unpaired) electrons. The number of ether oxygens (including phenoxy) is 2. The maximum Gasteiger partial charge on any atom is 0.312 e. The van der Waals surface area contributed by atoms with E-state index in [1.165, 1.54) is 4.90 Å². The second-order valence-corrected chi connectivity index (χ2v) is 10.3. The van der Waals surface area contributed by atoms with Crippen LogP contribution in [0.4, 0.5) is 0 Å². The molecule has 0 aliphatic carbocycles. The van der Waals surface area contributed by atoms with Crippen molar-refractivity contribution >= 4 is 33.7 Å². The van der Waals surface area contributed by atoms with Gasteiger partial charge in [0, 0.05) is 17.9 Å². The van der Waals surface area contributed by atoms with Gasteiger partial charge >= 0.3 is 5.97 Å². The quantitative estimate of drug-likeness (QED) is 0.181. The van der Waals surface area contributed by atoms with Crippen molar-refractivity contribution in [1.82, 2.24) is 9.80 Å². The van der Waals surface area contributed by atoms with Crippen LogP contribution in [0.25, 0.3) is 0 Å². The lowest BCUT2D eigenvalue weighted by Gasteiger charge is -2.38. The van der Waals surface area contributed by atoms with Crippen LogP contribution < -0.4 is 0 Å². The van der Waals surface area contributed by atoms with Crippen molar-refractivity contribution < 1.29 is 29.0 Å². The molecule has 2 amide bonds. The molecule has 184 valence electrons. The Kier molecular flexibility index (Phi) is 8.40. The summed E-state index contributed by atoms with van der Waals surface area (Å²) in [6, 6.07) is -1.53. The van der Waals surface area contributed by atoms with Gasteiger partial charge in [0.05, 0.1) is 37.2 Å². The zero-order chi connectivity index (χ0) is 24.3. The molecule has 0 aromatic heterocycles. The molecule has 3 saturated heterocycles. The fourth-order valence-electron chi connectivity index (χ4n) is 5.49. The van der Waals surface area contributed by atoms with E-state index >= 15 is 0 Å². The summed E-state index contributed by atoms with van der Waals surface area (Å²) in [5.41, 5.74) is -1.15. The number of carbonyl (C=O) groups is 3. The summed E-state index contributed by atoms with van der Waals surface area (Å²) in [6.45, 7) is 11.9. The Morgan fingerprint density at radius 1 is 1.42 bits per heavy atom. The van der Waals surface area contributed by atoms with E-state index < -0.39 is 41.6 Å². The fraction of sp³-hybridized carbons (Fsp3) is 0.708. The monoisotopic (exact) mass is 526 g/mol. The number of hydrogen-bond acceptors (Lipinski definition) is 6. The molecule has 0 saturated carbocycles. The largest absolute Gasteiger partial charge is 0.465 e. The van der Waals surface area contributed by atoms with Crippen LogP contribution in [0.5, 0.6) is 0 Å². The molecule has 3 heterocycles. The number of esters is 1. The predicted molar refractivity (Wildman–Crippen MR) is 127 cm³/mol. The first-order chi connectivity index (χ1) is 15.8. The second kappa shape index (κ2) is 10.7. The fourth-order valence-corrected chi connectivity index (χ4v) is 6.43. The van der Waals surface area contributed by atoms with Crippen molar-refractivity contribution in [3.63, 3.8) is 0 Å². The zero-order valence-corrected chi connectivity index (χ0v) is 21.0. The van der Waals surface area contributed by atoms with Gasteiger partial charge in [-0.2, -0.15) is 0 Å². The maximum atomic E-state index is 13.9. The number of aliphatic hydroxyl groups excluding tert-OH is 1. The topological polar surface area (TPSA) is 96.4 Å². The third kappa shape index (κ3) is 4.39. The lowest BCUT2D eigenvalue weighted by Crippen LogP contribution is -2.58. The maximum absolute atomic E-state index is 13.9. The van der Waals surface area contributed by atoms with E-state index in [9.17, 15) is 19.5 Å². The van der Waals surface area contributed by atoms with Crippen LogP contribution in [0.3, 0.4) is 0 Å². The van der Waals surface area contributed by atoms with Crippen LogP contribution in [0.1, 0.15) is 39.5 Å². The Bertz CT molecular complexity index is 791. The average Bonchev–Trinajstić information content (AvgIpc) is 3.39. The standard InChI is InChI=1S/C24H35BrN2O6/c1-5-8-11-26(10-7-3)22(30)20-24-13-16(25)19(33-24)17(23(31)32-12-9-6-2)18(24)21(29)27(20)15(4)14-28/h6-7,15-20,28H,2-3,5,8-14H2,1,4H3/t15-,16?,17-,18+,19-,20?,24?/m1/s1. The number of halogens is 1. The molecule has 0 aromatic carbocycles. The van der Waals surface area contributed by atoms with Gasteiger partial charge in [-0.1, -0.05) is 41.4 Å². The molecule has 3 aliphatic rings. The Balaban J connectivity index is 2.01. The first kappa shape index (κ1) is 25.9. The summed E-state index contributed by atoms with van der Waals surface area (Å²) in [5, 5.41) is 9.91. The van der Waals surface area contributed by atoms with Crippen molar-refractivity contribution in [2.75, 3.05) is 26.3 Å². The molecule has 9 heteroatoms. The molecule has 1 N–H and O–H groups in total. The SMILES string of the molecule is C=CCCOC(=O)[C@H]1[C@@H]2OC3(CC2Br)C(C(=O)N(CC=C)CCCC)N([C@H](C)CO)C(=O)[C@H]13. The van der Waals surface area contributed by atoms with Crippen LogP contribution in [0.15, 0.2) is 25.3 Å². The van der Waals surface area contributed by atoms with Gasteiger partial charge in [0.1, 0.15) is 11.6 Å². The van der Waals surface area contributed by atoms with E-state index in [-0.39, 0.29) is 29.9 Å². The molecule has 3 rings (SSSR count). The molecular weight excluding hydrogens is 492 g/mol. The Morgan fingerprint density at radius 2 is 2.15 bits per heavy atom. The Morgan fingerprint density at radius 3 is 2.76 bits per heavy atom. The summed E-state index contributed by atoms with van der Waals surface area (Å²) in [6.07, 6.45) is 5.42. The Hall–Kier alpha value is -1.71. The van der Waals surface area contributed by atoms with Crippen molar-refractivity contribution in [3.8, 4) is 0 Å². The minimum atomic E-state index is -1.15. The van der Waals surface area contributed by atoms with Crippen molar-refractivity contribution in [2.24, 2.45) is 11.8 Å². The molecule has 0 aromatic rings. The lowest BCUT2D eigenvalue weighted by molar-refractivity contribution is -0.156. The number of alkyl halides is 1. The highest BCUT2D eigenvalue weighted by molar-refractivity contribution is 9.09. The lowest BCUT2D eigenvalue weighted by atomic mass is 9.70. The highest BCUT2D eigenvalue weighted by atomic mass is 79.9. The molecule has 1 spiro atoms. The highest BCUT2D eigenvalue weighted by Crippen LogP contribution is 2.60. The number of aliphatic hydroxyl groups is 1. The number of fused-ring (bicyclic) bond motifs is 1. The molecule has 7 atom stereocenters. The highest BCUT2D eigenvalue weighted by Gasteiger charge is 2.77. The van der Waals surface area contributed by atoms with Crippen LogP contribution >= 0.6 is 15.9 Å². The summed E-state index contributed by atoms with van der Waals surface area (Å²) in [4.78, 5) is 43.7. The zero-order valence-electron chi connectivity index (χ0n) is 19.5. The third-order valence-electron chi connectivity index (χ3n) is 6.98. The van der Waals surface area contributed by atoms with E-state index in [0.29, 0.717) is 25.9 Å². The normalized spacial score (nSPS) is 33.0. The van der Waals surface area contributed by atoms with Gasteiger partial charge in [-0.25, -0.2) is 0 Å². The van der Waals surface area contributed by atoms with E-state index in [4.69, 9.17) is 9.47 Å². The minimum Gasteiger partial charge on any atom is -0.465 e. The Labute approximate surface area is 204 Å². The number of hydrogen-bond donors (Lipinski definition) is 1. The number of carbonyl (C=O) groups excluding carboxylic acids is 3. The van der Waals surface area contributed by atoms with E-state index in [1.807, 2.05) is 6.92 Å². The van der Waals surface area contributed by atoms with Gasteiger partial charge in [-0.3, -0.25) is 14.4 Å². The van der Waals surface area contributed by atoms with Gasteiger partial charge in [0.2, 0.25) is 11.8 Å². The second-order valence-electron chi connectivity index (χ2n) is 9.11. The summed E-state index contributed by atoms with van der Waals surface area (Å²) < 4.78 is 11.9. The number of unbranched alkanes of at least 4 members (excludes halogenated alkanes) is 1. The molecule has 3 fully saturated rings. The van der Waals surface area contributed by atoms with Crippen molar-refractivity contribution in [1.29, 1.82) is 0 Å². The summed E-state index contributed by atoms with van der Waals surface area (Å²) in [5.74, 6) is -2.70. The number of amides is 2. The van der Waals surface area contributed by atoms with Crippen molar-refractivity contribution in [2.45, 2.75) is 68.1 Å². The van der Waals surface area contributed by atoms with Gasteiger partial charge in [0.25, 0.3) is 0 Å². The molecule has 3 unspecified atom stereocenters. The average molecular weight is 527 g/mol. The van der Waals surface area contributed by atoms with E-state index in [2.05, 4.69) is 29.1 Å². The minimum absolute atomic E-state index is 0.176. The van der Waals surface area contributed by atoms with Crippen LogP contribution in [-0.4, -0.2) is 87.6 Å². The smallest absolute Gasteiger partial charge is 0.312 e. The molecule has 2 bridgehead atoms. The summed E-state index contributed by atoms with van der Waals surface area (Å²) >= 11 is 3.63. The molecule has 3 aliphatic heterocycles. The molecular formula is C24H35BrN2O6. The van der Waals surface area contributed by atoms with E-state index in [1.54, 1.807) is 24.0 Å². The van der Waals surface area contributed by atoms with Crippen LogP contribution in [-0.2, 0) is 23.9 Å². The van der Waals surface area contributed by atoms with Crippen LogP contribution in [0, 0.1) is 11.8 Å². The van der Waals surface area contributed by atoms with Gasteiger partial charge in [-0.15, -0.1) is 13.2 Å². The van der Waals surface area contributed by atoms with Gasteiger partial charge in [-0.05, 0) is 26.2 Å². The molecule has 8 nitrogen and oxygen atoms in total. The first-order valence-corrected chi connectivity index (χ1v) is 12.6.